The molecule has 1 fully saturated rings. The van der Waals surface area contributed by atoms with Gasteiger partial charge in [-0.3, -0.25) is 14.5 Å². The third-order valence-corrected chi connectivity index (χ3v) is 4.19. The van der Waals surface area contributed by atoms with Gasteiger partial charge in [0.25, 0.3) is 0 Å². The molecule has 1 aliphatic rings. The lowest BCUT2D eigenvalue weighted by Crippen LogP contribution is -2.45. The third kappa shape index (κ3) is 4.18. The summed E-state index contributed by atoms with van der Waals surface area (Å²) in [5.41, 5.74) is 5.60. The average molecular weight is 396 g/mol. The first-order valence-corrected chi connectivity index (χ1v) is 7.40. The van der Waals surface area contributed by atoms with Gasteiger partial charge in [0.1, 0.15) is 11.9 Å². The van der Waals surface area contributed by atoms with Crippen molar-refractivity contribution in [2.45, 2.75) is 18.9 Å². The van der Waals surface area contributed by atoms with E-state index in [1.807, 2.05) is 0 Å². The molecule has 0 aromatic heterocycles. The maximum Gasteiger partial charge on any atom is 0.307 e. The zero-order valence-electron chi connectivity index (χ0n) is 11.7. The summed E-state index contributed by atoms with van der Waals surface area (Å²) in [6.07, 6.45) is 1.19. The van der Waals surface area contributed by atoms with Crippen molar-refractivity contribution < 1.29 is 19.1 Å². The van der Waals surface area contributed by atoms with Crippen molar-refractivity contribution in [3.05, 3.63) is 34.1 Å². The number of piperidine rings is 1. The molecule has 0 saturated carbocycles. The number of primary amides is 1. The molecule has 1 heterocycles. The van der Waals surface area contributed by atoms with E-state index in [1.54, 1.807) is 11.0 Å². The molecule has 22 heavy (non-hydrogen) atoms. The Labute approximate surface area is 142 Å². The molecule has 3 N–H and O–H groups in total. The maximum absolute atomic E-state index is 14.1. The lowest BCUT2D eigenvalue weighted by Gasteiger charge is -2.35. The molecule has 2 atom stereocenters. The average Bonchev–Trinajstić information content (AvgIpc) is 2.41. The third-order valence-electron chi connectivity index (χ3n) is 3.69. The Kier molecular flexibility index (Phi) is 6.77. The summed E-state index contributed by atoms with van der Waals surface area (Å²) in [7, 11) is 0. The molecule has 0 aliphatic carbocycles. The number of benzene rings is 1. The van der Waals surface area contributed by atoms with Gasteiger partial charge < -0.3 is 10.8 Å². The van der Waals surface area contributed by atoms with Crippen LogP contribution >= 0.6 is 28.3 Å². The van der Waals surface area contributed by atoms with Crippen LogP contribution in [-0.2, 0) is 9.59 Å². The molecule has 5 nitrogen and oxygen atoms in total. The summed E-state index contributed by atoms with van der Waals surface area (Å²) in [5, 5.41) is 9.11. The summed E-state index contributed by atoms with van der Waals surface area (Å²) in [6, 6.07) is 3.45. The van der Waals surface area contributed by atoms with Gasteiger partial charge in [0, 0.05) is 16.6 Å². The van der Waals surface area contributed by atoms with Gasteiger partial charge in [0.2, 0.25) is 5.91 Å². The van der Waals surface area contributed by atoms with Crippen molar-refractivity contribution in [1.82, 2.24) is 4.90 Å². The fourth-order valence-corrected chi connectivity index (χ4v) is 3.03. The second kappa shape index (κ2) is 7.89. The zero-order chi connectivity index (χ0) is 15.6. The first-order valence-electron chi connectivity index (χ1n) is 6.61. The van der Waals surface area contributed by atoms with Crippen molar-refractivity contribution in [3.8, 4) is 0 Å². The fraction of sp³-hybridized carbons (Fsp3) is 0.429. The highest BCUT2D eigenvalue weighted by atomic mass is 79.9. The van der Waals surface area contributed by atoms with Gasteiger partial charge in [-0.2, -0.15) is 0 Å². The molecular weight excluding hydrogens is 379 g/mol. The molecule has 0 bridgehead atoms. The first kappa shape index (κ1) is 18.9. The number of halogens is 3. The maximum atomic E-state index is 14.1. The van der Waals surface area contributed by atoms with Crippen LogP contribution < -0.4 is 5.73 Å². The van der Waals surface area contributed by atoms with Crippen LogP contribution in [0.15, 0.2) is 22.7 Å². The SMILES string of the molecule is Cl.NC(=O)C(c1ccc(Br)cc1F)N1CCCC(C(=O)O)C1. The number of rotatable bonds is 4. The number of carboxylic acids is 1. The summed E-state index contributed by atoms with van der Waals surface area (Å²) >= 11 is 3.16. The smallest absolute Gasteiger partial charge is 0.307 e. The number of nitrogens with two attached hydrogens (primary N) is 1. The first-order chi connectivity index (χ1) is 9.90. The predicted octanol–water partition coefficient (Wildman–Crippen LogP) is 2.33. The molecule has 2 rings (SSSR count). The van der Waals surface area contributed by atoms with Crippen molar-refractivity contribution in [1.29, 1.82) is 0 Å². The molecule has 8 heteroatoms. The van der Waals surface area contributed by atoms with Crippen molar-refractivity contribution in [3.63, 3.8) is 0 Å². The molecule has 0 spiro atoms. The monoisotopic (exact) mass is 394 g/mol. The van der Waals surface area contributed by atoms with Crippen LogP contribution in [0.4, 0.5) is 4.39 Å². The number of aliphatic carboxylic acids is 1. The zero-order valence-corrected chi connectivity index (χ0v) is 14.1. The van der Waals surface area contributed by atoms with Crippen LogP contribution in [0.1, 0.15) is 24.4 Å². The van der Waals surface area contributed by atoms with E-state index in [9.17, 15) is 14.0 Å². The molecule has 1 aliphatic heterocycles. The minimum atomic E-state index is -0.944. The van der Waals surface area contributed by atoms with E-state index in [2.05, 4.69) is 15.9 Å². The van der Waals surface area contributed by atoms with Gasteiger partial charge in [0.15, 0.2) is 0 Å². The second-order valence-electron chi connectivity index (χ2n) is 5.14. The van der Waals surface area contributed by atoms with Crippen LogP contribution in [0, 0.1) is 11.7 Å². The lowest BCUT2D eigenvalue weighted by molar-refractivity contribution is -0.145. The Hall–Kier alpha value is -1.18. The number of carbonyl (C=O) groups is 2. The molecule has 1 aromatic rings. The fourth-order valence-electron chi connectivity index (χ4n) is 2.70. The number of hydrogen-bond acceptors (Lipinski definition) is 3. The molecule has 122 valence electrons. The molecular formula is C14H17BrClFN2O3. The minimum Gasteiger partial charge on any atom is -0.481 e. The summed E-state index contributed by atoms with van der Waals surface area (Å²) in [6.45, 7) is 0.714. The number of nitrogens with zero attached hydrogens (tertiary/aromatic N) is 1. The van der Waals surface area contributed by atoms with Crippen LogP contribution in [0.5, 0.6) is 0 Å². The standard InChI is InChI=1S/C14H16BrFN2O3.ClH/c15-9-3-4-10(11(16)6-9)12(13(17)19)18-5-1-2-8(7-18)14(20)21;/h3-4,6,8,12H,1-2,5,7H2,(H2,17,19)(H,20,21);1H. The Balaban J connectivity index is 0.00000242. The number of carbonyl (C=O) groups excluding carboxylic acids is 1. The Morgan fingerprint density at radius 3 is 2.68 bits per heavy atom. The number of carboxylic acid groups (broad SMARTS) is 1. The minimum absolute atomic E-state index is 0. The molecule has 1 aromatic carbocycles. The van der Waals surface area contributed by atoms with E-state index >= 15 is 0 Å². The molecule has 2 unspecified atom stereocenters. The number of hydrogen-bond donors (Lipinski definition) is 2. The molecule has 1 amide bonds. The van der Waals surface area contributed by atoms with E-state index < -0.39 is 29.7 Å². The van der Waals surface area contributed by atoms with Crippen LogP contribution in [0.3, 0.4) is 0 Å². The normalized spacial score (nSPS) is 20.0. The Bertz CT molecular complexity index is 573. The Morgan fingerprint density at radius 2 is 2.14 bits per heavy atom. The van der Waals surface area contributed by atoms with Gasteiger partial charge in [-0.15, -0.1) is 12.4 Å². The number of likely N-dealkylation sites (tertiary alicyclic amines) is 1. The van der Waals surface area contributed by atoms with Gasteiger partial charge in [-0.1, -0.05) is 22.0 Å². The van der Waals surface area contributed by atoms with Crippen molar-refractivity contribution in [2.75, 3.05) is 13.1 Å². The van der Waals surface area contributed by atoms with Crippen molar-refractivity contribution >= 4 is 40.2 Å². The van der Waals surface area contributed by atoms with E-state index in [1.165, 1.54) is 12.1 Å². The van der Waals surface area contributed by atoms with Gasteiger partial charge in [-0.25, -0.2) is 4.39 Å². The number of amides is 1. The van der Waals surface area contributed by atoms with Gasteiger partial charge in [-0.05, 0) is 31.5 Å². The largest absolute Gasteiger partial charge is 0.481 e. The van der Waals surface area contributed by atoms with Gasteiger partial charge in [0.05, 0.1) is 5.92 Å². The van der Waals surface area contributed by atoms with E-state index in [4.69, 9.17) is 10.8 Å². The van der Waals surface area contributed by atoms with Crippen LogP contribution in [0.25, 0.3) is 0 Å². The lowest BCUT2D eigenvalue weighted by atomic mass is 9.94. The Morgan fingerprint density at radius 1 is 1.45 bits per heavy atom. The van der Waals surface area contributed by atoms with Crippen molar-refractivity contribution in [2.24, 2.45) is 11.7 Å². The van der Waals surface area contributed by atoms with E-state index in [-0.39, 0.29) is 24.5 Å². The summed E-state index contributed by atoms with van der Waals surface area (Å²) in [4.78, 5) is 24.5. The molecule has 0 radical (unpaired) electrons. The highest BCUT2D eigenvalue weighted by Crippen LogP contribution is 2.29. The second-order valence-corrected chi connectivity index (χ2v) is 6.06. The quantitative estimate of drug-likeness (QED) is 0.819. The predicted molar refractivity (Wildman–Crippen MR) is 85.2 cm³/mol. The van der Waals surface area contributed by atoms with Crippen LogP contribution in [-0.4, -0.2) is 35.0 Å². The summed E-state index contributed by atoms with van der Waals surface area (Å²) in [5.74, 6) is -2.67. The highest BCUT2D eigenvalue weighted by molar-refractivity contribution is 9.10. The molecule has 1 saturated heterocycles. The van der Waals surface area contributed by atoms with E-state index in [0.29, 0.717) is 23.9 Å². The van der Waals surface area contributed by atoms with E-state index in [0.717, 1.165) is 0 Å². The summed E-state index contributed by atoms with van der Waals surface area (Å²) < 4.78 is 14.7. The highest BCUT2D eigenvalue weighted by Gasteiger charge is 2.34. The van der Waals surface area contributed by atoms with Crippen LogP contribution in [0.2, 0.25) is 0 Å². The topological polar surface area (TPSA) is 83.6 Å². The van der Waals surface area contributed by atoms with Gasteiger partial charge >= 0.3 is 5.97 Å².